The van der Waals surface area contributed by atoms with Gasteiger partial charge in [-0.15, -0.1) is 0 Å². The lowest BCUT2D eigenvalue weighted by Crippen LogP contribution is -2.13. The van der Waals surface area contributed by atoms with E-state index in [-0.39, 0.29) is 0 Å². The summed E-state index contributed by atoms with van der Waals surface area (Å²) in [5, 5.41) is 2.49. The average Bonchev–Trinajstić information content (AvgIpc) is 2.73. The Bertz CT molecular complexity index is 727. The third kappa shape index (κ3) is 2.00. The van der Waals surface area contributed by atoms with Crippen molar-refractivity contribution in [3.8, 4) is 0 Å². The molecular formula is C16H19N3. The number of nitrogens with zero attached hydrogens (tertiary/aromatic N) is 2. The maximum atomic E-state index is 5.71. The SMILES string of the molecule is CC(CN)Cc1ccc2c3cnccc3n(C)c2c1. The fourth-order valence-corrected chi connectivity index (χ4v) is 2.71. The van der Waals surface area contributed by atoms with Gasteiger partial charge in [-0.25, -0.2) is 0 Å². The van der Waals surface area contributed by atoms with Gasteiger partial charge in [0.05, 0.1) is 5.52 Å². The average molecular weight is 253 g/mol. The first-order valence-corrected chi connectivity index (χ1v) is 6.72. The van der Waals surface area contributed by atoms with Crippen molar-refractivity contribution in [2.75, 3.05) is 6.54 Å². The number of benzene rings is 1. The van der Waals surface area contributed by atoms with Gasteiger partial charge in [-0.1, -0.05) is 19.1 Å². The quantitative estimate of drug-likeness (QED) is 0.780. The molecule has 0 spiro atoms. The van der Waals surface area contributed by atoms with E-state index in [1.165, 1.54) is 27.4 Å². The zero-order chi connectivity index (χ0) is 13.4. The fourth-order valence-electron chi connectivity index (χ4n) is 2.71. The van der Waals surface area contributed by atoms with Gasteiger partial charge in [0.1, 0.15) is 0 Å². The van der Waals surface area contributed by atoms with Crippen LogP contribution in [0.3, 0.4) is 0 Å². The molecule has 1 unspecified atom stereocenters. The number of pyridine rings is 1. The Labute approximate surface area is 113 Å². The van der Waals surface area contributed by atoms with Crippen molar-refractivity contribution in [2.45, 2.75) is 13.3 Å². The largest absolute Gasteiger partial charge is 0.344 e. The zero-order valence-electron chi connectivity index (χ0n) is 11.4. The van der Waals surface area contributed by atoms with E-state index in [2.05, 4.69) is 47.8 Å². The smallest absolute Gasteiger partial charge is 0.0519 e. The van der Waals surface area contributed by atoms with Crippen LogP contribution in [-0.4, -0.2) is 16.1 Å². The van der Waals surface area contributed by atoms with Gasteiger partial charge in [0, 0.05) is 35.7 Å². The molecule has 0 aliphatic heterocycles. The van der Waals surface area contributed by atoms with Crippen molar-refractivity contribution in [1.82, 2.24) is 9.55 Å². The molecule has 3 heteroatoms. The number of rotatable bonds is 3. The molecule has 0 fully saturated rings. The minimum absolute atomic E-state index is 0.522. The summed E-state index contributed by atoms with van der Waals surface area (Å²) in [6.45, 7) is 2.92. The Morgan fingerprint density at radius 2 is 2.05 bits per heavy atom. The molecule has 98 valence electrons. The molecule has 2 aromatic heterocycles. The molecule has 0 bridgehead atoms. The van der Waals surface area contributed by atoms with Crippen molar-refractivity contribution in [3.05, 3.63) is 42.2 Å². The molecule has 1 aromatic carbocycles. The number of aromatic nitrogens is 2. The third-order valence-corrected chi connectivity index (χ3v) is 3.86. The van der Waals surface area contributed by atoms with Crippen LogP contribution >= 0.6 is 0 Å². The van der Waals surface area contributed by atoms with Gasteiger partial charge in [-0.3, -0.25) is 4.98 Å². The van der Waals surface area contributed by atoms with E-state index in [4.69, 9.17) is 5.73 Å². The summed E-state index contributed by atoms with van der Waals surface area (Å²) in [5.74, 6) is 0.522. The summed E-state index contributed by atoms with van der Waals surface area (Å²) in [6, 6.07) is 8.76. The molecule has 2 heterocycles. The van der Waals surface area contributed by atoms with Crippen LogP contribution in [0.25, 0.3) is 21.8 Å². The van der Waals surface area contributed by atoms with E-state index in [0.717, 1.165) is 13.0 Å². The third-order valence-electron chi connectivity index (χ3n) is 3.86. The minimum atomic E-state index is 0.522. The topological polar surface area (TPSA) is 43.8 Å². The Morgan fingerprint density at radius 1 is 1.21 bits per heavy atom. The Balaban J connectivity index is 2.18. The van der Waals surface area contributed by atoms with Crippen LogP contribution in [-0.2, 0) is 13.5 Å². The van der Waals surface area contributed by atoms with Gasteiger partial charge in [-0.2, -0.15) is 0 Å². The molecule has 2 N–H and O–H groups in total. The molecular weight excluding hydrogens is 234 g/mol. The maximum Gasteiger partial charge on any atom is 0.0519 e. The molecule has 0 amide bonds. The summed E-state index contributed by atoms with van der Waals surface area (Å²) >= 11 is 0. The first-order chi connectivity index (χ1) is 9.20. The van der Waals surface area contributed by atoms with Gasteiger partial charge in [-0.05, 0) is 36.6 Å². The van der Waals surface area contributed by atoms with Crippen molar-refractivity contribution in [2.24, 2.45) is 18.7 Å². The van der Waals surface area contributed by atoms with Crippen LogP contribution < -0.4 is 5.73 Å². The van der Waals surface area contributed by atoms with Crippen LogP contribution in [0, 0.1) is 5.92 Å². The lowest BCUT2D eigenvalue weighted by molar-refractivity contribution is 0.593. The van der Waals surface area contributed by atoms with Gasteiger partial charge in [0.25, 0.3) is 0 Å². The van der Waals surface area contributed by atoms with E-state index in [1.807, 2.05) is 12.4 Å². The first-order valence-electron chi connectivity index (χ1n) is 6.72. The Morgan fingerprint density at radius 3 is 2.84 bits per heavy atom. The lowest BCUT2D eigenvalue weighted by Gasteiger charge is -2.08. The van der Waals surface area contributed by atoms with Gasteiger partial charge in [0.15, 0.2) is 0 Å². The van der Waals surface area contributed by atoms with Crippen molar-refractivity contribution in [3.63, 3.8) is 0 Å². The zero-order valence-corrected chi connectivity index (χ0v) is 11.4. The summed E-state index contributed by atoms with van der Waals surface area (Å²) < 4.78 is 2.24. The predicted molar refractivity (Wildman–Crippen MR) is 80.1 cm³/mol. The number of nitrogens with two attached hydrogens (primary N) is 1. The Kier molecular flexibility index (Phi) is 2.99. The highest BCUT2D eigenvalue weighted by Gasteiger charge is 2.09. The van der Waals surface area contributed by atoms with Gasteiger partial charge < -0.3 is 10.3 Å². The molecule has 0 aliphatic carbocycles. The second-order valence-corrected chi connectivity index (χ2v) is 5.35. The lowest BCUT2D eigenvalue weighted by atomic mass is 10.0. The molecule has 0 aliphatic rings. The van der Waals surface area contributed by atoms with E-state index in [1.54, 1.807) is 0 Å². The molecule has 3 nitrogen and oxygen atoms in total. The number of fused-ring (bicyclic) bond motifs is 3. The highest BCUT2D eigenvalue weighted by Crippen LogP contribution is 2.28. The highest BCUT2D eigenvalue weighted by molar-refractivity contribution is 6.07. The fraction of sp³-hybridized carbons (Fsp3) is 0.312. The van der Waals surface area contributed by atoms with Crippen LogP contribution in [0.15, 0.2) is 36.7 Å². The highest BCUT2D eigenvalue weighted by atomic mass is 14.9. The standard InChI is InChI=1S/C16H19N3/c1-11(9-17)7-12-3-4-13-14-10-18-6-5-15(14)19(2)16(13)8-12/h3-6,8,10-11H,7,9,17H2,1-2H3. The van der Waals surface area contributed by atoms with Crippen molar-refractivity contribution < 1.29 is 0 Å². The summed E-state index contributed by atoms with van der Waals surface area (Å²) in [5.41, 5.74) is 9.56. The number of aryl methyl sites for hydroxylation is 1. The maximum absolute atomic E-state index is 5.71. The molecule has 0 radical (unpaired) electrons. The second-order valence-electron chi connectivity index (χ2n) is 5.35. The summed E-state index contributed by atoms with van der Waals surface area (Å²) in [4.78, 5) is 4.23. The van der Waals surface area contributed by atoms with Gasteiger partial charge >= 0.3 is 0 Å². The summed E-state index contributed by atoms with van der Waals surface area (Å²) in [7, 11) is 2.11. The molecule has 0 saturated carbocycles. The van der Waals surface area contributed by atoms with E-state index < -0.39 is 0 Å². The molecule has 0 saturated heterocycles. The molecule has 3 aromatic rings. The number of hydrogen-bond donors (Lipinski definition) is 1. The minimum Gasteiger partial charge on any atom is -0.344 e. The monoisotopic (exact) mass is 253 g/mol. The van der Waals surface area contributed by atoms with Crippen molar-refractivity contribution >= 4 is 21.8 Å². The summed E-state index contributed by atoms with van der Waals surface area (Å²) in [6.07, 6.45) is 4.82. The molecule has 19 heavy (non-hydrogen) atoms. The van der Waals surface area contributed by atoms with E-state index in [9.17, 15) is 0 Å². The van der Waals surface area contributed by atoms with Crippen LogP contribution in [0.1, 0.15) is 12.5 Å². The van der Waals surface area contributed by atoms with E-state index >= 15 is 0 Å². The number of hydrogen-bond acceptors (Lipinski definition) is 2. The van der Waals surface area contributed by atoms with Crippen LogP contribution in [0.5, 0.6) is 0 Å². The second kappa shape index (κ2) is 4.67. The predicted octanol–water partition coefficient (Wildman–Crippen LogP) is 2.86. The Hall–Kier alpha value is -1.87. The van der Waals surface area contributed by atoms with Crippen LogP contribution in [0.4, 0.5) is 0 Å². The first kappa shape index (κ1) is 12.2. The van der Waals surface area contributed by atoms with Gasteiger partial charge in [0.2, 0.25) is 0 Å². The van der Waals surface area contributed by atoms with E-state index in [0.29, 0.717) is 5.92 Å². The van der Waals surface area contributed by atoms with Crippen LogP contribution in [0.2, 0.25) is 0 Å². The molecule has 3 rings (SSSR count). The van der Waals surface area contributed by atoms with Crippen molar-refractivity contribution in [1.29, 1.82) is 0 Å². The normalized spacial score (nSPS) is 13.2. The molecule has 1 atom stereocenters.